The van der Waals surface area contributed by atoms with Gasteiger partial charge in [-0.05, 0) is 72.3 Å². The molecule has 12 rings (SSSR count). The first-order valence-electron chi connectivity index (χ1n) is 20.7. The first kappa shape index (κ1) is 34.9. The molecule has 61 heavy (non-hydrogen) atoms. The molecule has 10 aromatic carbocycles. The molecular formula is C58H36N2O. The van der Waals surface area contributed by atoms with Crippen molar-refractivity contribution in [2.45, 2.75) is 0 Å². The molecule has 0 N–H and O–H groups in total. The predicted molar refractivity (Wildman–Crippen MR) is 254 cm³/mol. The van der Waals surface area contributed by atoms with Gasteiger partial charge in [0.25, 0.3) is 0 Å². The summed E-state index contributed by atoms with van der Waals surface area (Å²) in [5, 5.41) is 9.71. The minimum atomic E-state index is 0.689. The lowest BCUT2D eigenvalue weighted by atomic mass is 9.84. The topological polar surface area (TPSA) is 38.9 Å². The smallest absolute Gasteiger partial charge is 0.160 e. The van der Waals surface area contributed by atoms with Crippen molar-refractivity contribution in [1.29, 1.82) is 0 Å². The summed E-state index contributed by atoms with van der Waals surface area (Å²) >= 11 is 0. The maximum Gasteiger partial charge on any atom is 0.160 e. The van der Waals surface area contributed by atoms with Gasteiger partial charge in [-0.2, -0.15) is 0 Å². The number of nitrogens with zero attached hydrogens (tertiary/aromatic N) is 2. The van der Waals surface area contributed by atoms with Gasteiger partial charge in [-0.3, -0.25) is 0 Å². The van der Waals surface area contributed by atoms with Crippen molar-refractivity contribution >= 4 is 54.3 Å². The second kappa shape index (κ2) is 14.3. The summed E-state index contributed by atoms with van der Waals surface area (Å²) in [6, 6.07) is 77.5. The van der Waals surface area contributed by atoms with Crippen LogP contribution < -0.4 is 0 Å². The van der Waals surface area contributed by atoms with Gasteiger partial charge in [0.15, 0.2) is 5.82 Å². The van der Waals surface area contributed by atoms with E-state index in [1.807, 2.05) is 30.3 Å². The van der Waals surface area contributed by atoms with Gasteiger partial charge in [0.1, 0.15) is 11.2 Å². The van der Waals surface area contributed by atoms with Crippen molar-refractivity contribution in [2.75, 3.05) is 0 Å². The van der Waals surface area contributed by atoms with E-state index in [-0.39, 0.29) is 0 Å². The highest BCUT2D eigenvalue weighted by Crippen LogP contribution is 2.46. The van der Waals surface area contributed by atoms with Crippen molar-refractivity contribution < 1.29 is 4.42 Å². The third-order valence-corrected chi connectivity index (χ3v) is 12.1. The third kappa shape index (κ3) is 5.90. The highest BCUT2D eigenvalue weighted by molar-refractivity contribution is 6.28. The van der Waals surface area contributed by atoms with Crippen LogP contribution in [0.4, 0.5) is 0 Å². The molecule has 0 bridgehead atoms. The molecule has 0 spiro atoms. The van der Waals surface area contributed by atoms with Crippen LogP contribution in [0.5, 0.6) is 0 Å². The number of aromatic nitrogens is 2. The van der Waals surface area contributed by atoms with Crippen LogP contribution in [0.2, 0.25) is 0 Å². The van der Waals surface area contributed by atoms with Crippen molar-refractivity contribution in [3.8, 4) is 67.3 Å². The summed E-state index contributed by atoms with van der Waals surface area (Å²) in [4.78, 5) is 10.3. The van der Waals surface area contributed by atoms with Gasteiger partial charge in [-0.25, -0.2) is 9.97 Å². The van der Waals surface area contributed by atoms with E-state index in [4.69, 9.17) is 14.4 Å². The monoisotopic (exact) mass is 776 g/mol. The zero-order valence-electron chi connectivity index (χ0n) is 33.1. The van der Waals surface area contributed by atoms with Crippen LogP contribution in [0.15, 0.2) is 223 Å². The van der Waals surface area contributed by atoms with Crippen molar-refractivity contribution in [3.63, 3.8) is 0 Å². The number of hydrogen-bond donors (Lipinski definition) is 0. The molecule has 0 saturated carbocycles. The molecule has 12 aromatic rings. The minimum Gasteiger partial charge on any atom is -0.455 e. The largest absolute Gasteiger partial charge is 0.455 e. The lowest BCUT2D eigenvalue weighted by Gasteiger charge is -2.19. The van der Waals surface area contributed by atoms with Crippen LogP contribution in [0.3, 0.4) is 0 Å². The van der Waals surface area contributed by atoms with Crippen LogP contribution in [-0.4, -0.2) is 9.97 Å². The predicted octanol–water partition coefficient (Wildman–Crippen LogP) is 15.8. The maximum atomic E-state index is 6.38. The molecule has 0 aliphatic rings. The molecule has 2 aromatic heterocycles. The molecule has 0 aliphatic carbocycles. The molecule has 0 unspecified atom stereocenters. The van der Waals surface area contributed by atoms with Gasteiger partial charge in [0.05, 0.1) is 11.4 Å². The molecule has 3 nitrogen and oxygen atoms in total. The lowest BCUT2D eigenvalue weighted by molar-refractivity contribution is 0.670. The highest BCUT2D eigenvalue weighted by atomic mass is 16.3. The van der Waals surface area contributed by atoms with E-state index in [1.54, 1.807) is 0 Å². The van der Waals surface area contributed by atoms with E-state index in [2.05, 4.69) is 188 Å². The van der Waals surface area contributed by atoms with Gasteiger partial charge in [0.2, 0.25) is 0 Å². The van der Waals surface area contributed by atoms with E-state index < -0.39 is 0 Å². The Balaban J connectivity index is 0.983. The molecule has 284 valence electrons. The Bertz CT molecular complexity index is 3610. The number of rotatable bonds is 6. The van der Waals surface area contributed by atoms with Crippen molar-refractivity contribution in [3.05, 3.63) is 218 Å². The maximum absolute atomic E-state index is 6.38. The molecule has 0 atom stereocenters. The van der Waals surface area contributed by atoms with Crippen molar-refractivity contribution in [2.24, 2.45) is 0 Å². The van der Waals surface area contributed by atoms with Crippen LogP contribution in [0.1, 0.15) is 0 Å². The summed E-state index contributed by atoms with van der Waals surface area (Å²) in [6.07, 6.45) is 0. The number of benzene rings is 10. The molecule has 0 amide bonds. The zero-order valence-corrected chi connectivity index (χ0v) is 33.1. The van der Waals surface area contributed by atoms with Crippen LogP contribution in [0, 0.1) is 0 Å². The Kier molecular flexibility index (Phi) is 8.17. The molecule has 2 heterocycles. The Morgan fingerprint density at radius 2 is 0.836 bits per heavy atom. The molecule has 0 saturated heterocycles. The number of furan rings is 1. The number of fused-ring (bicyclic) bond motifs is 7. The first-order valence-corrected chi connectivity index (χ1v) is 20.7. The van der Waals surface area contributed by atoms with E-state index in [9.17, 15) is 0 Å². The number of hydrogen-bond acceptors (Lipinski definition) is 3. The van der Waals surface area contributed by atoms with Crippen molar-refractivity contribution in [1.82, 2.24) is 9.97 Å². The quantitative estimate of drug-likeness (QED) is 0.125. The Morgan fingerprint density at radius 1 is 0.311 bits per heavy atom. The normalized spacial score (nSPS) is 11.6. The number of para-hydroxylation sites is 2. The average molecular weight is 777 g/mol. The molecule has 3 heteroatoms. The van der Waals surface area contributed by atoms with Gasteiger partial charge < -0.3 is 4.42 Å². The average Bonchev–Trinajstić information content (AvgIpc) is 3.73. The third-order valence-electron chi connectivity index (χ3n) is 12.1. The SMILES string of the molecule is c1ccc(-c2nc(-c3ccc(-c4c5ccccc5c(-c5ccccc5)c5c4ccc4ccccc45)cc3)cc(-c3ccc(-c4cccc5c4oc4ccccc45)cc3)n2)cc1. The van der Waals surface area contributed by atoms with Crippen LogP contribution >= 0.6 is 0 Å². The molecule has 0 fully saturated rings. The standard InChI is InChI=1S/C58H36N2O/c1-3-15-41(16-4-1)55-48-22-10-9-21-47(48)54(50-35-34-37-14-7-8-19-44(37)56(50)55)42-32-30-40(31-33-42)52-36-51(59-58(60-52)43-17-5-2-6-18-43)39-28-26-38(27-29-39)45-23-13-24-49-46-20-11-12-25-53(46)61-57(45)49/h1-36H. The summed E-state index contributed by atoms with van der Waals surface area (Å²) in [7, 11) is 0. The van der Waals surface area contributed by atoms with Gasteiger partial charge in [-0.1, -0.05) is 206 Å². The summed E-state index contributed by atoms with van der Waals surface area (Å²) < 4.78 is 6.38. The minimum absolute atomic E-state index is 0.689. The van der Waals surface area contributed by atoms with Gasteiger partial charge >= 0.3 is 0 Å². The fourth-order valence-electron chi connectivity index (χ4n) is 9.23. The molecule has 0 aliphatic heterocycles. The molecule has 0 radical (unpaired) electrons. The molecular weight excluding hydrogens is 741 g/mol. The van der Waals surface area contributed by atoms with Gasteiger partial charge in [-0.15, -0.1) is 0 Å². The Labute approximate surface area is 352 Å². The first-order chi connectivity index (χ1) is 30.2. The second-order valence-electron chi connectivity index (χ2n) is 15.6. The van der Waals surface area contributed by atoms with Gasteiger partial charge in [0, 0.05) is 33.0 Å². The van der Waals surface area contributed by atoms with E-state index in [0.29, 0.717) is 5.82 Å². The fourth-order valence-corrected chi connectivity index (χ4v) is 9.23. The summed E-state index contributed by atoms with van der Waals surface area (Å²) in [5.41, 5.74) is 13.6. The summed E-state index contributed by atoms with van der Waals surface area (Å²) in [5.74, 6) is 0.689. The zero-order chi connectivity index (χ0) is 40.3. The van der Waals surface area contributed by atoms with E-state index in [0.717, 1.165) is 66.7 Å². The summed E-state index contributed by atoms with van der Waals surface area (Å²) in [6.45, 7) is 0. The van der Waals surface area contributed by atoms with E-state index >= 15 is 0 Å². The second-order valence-corrected chi connectivity index (χ2v) is 15.6. The van der Waals surface area contributed by atoms with Crippen LogP contribution in [-0.2, 0) is 0 Å². The van der Waals surface area contributed by atoms with E-state index in [1.165, 1.54) is 49.0 Å². The highest BCUT2D eigenvalue weighted by Gasteiger charge is 2.19. The van der Waals surface area contributed by atoms with Crippen LogP contribution in [0.25, 0.3) is 122 Å². The Hall–Kier alpha value is -8.14. The Morgan fingerprint density at radius 3 is 1.54 bits per heavy atom. The lowest BCUT2D eigenvalue weighted by Crippen LogP contribution is -1.96. The fraction of sp³-hybridized carbons (Fsp3) is 0.